The zero-order chi connectivity index (χ0) is 17.9. The molecule has 1 aromatic carbocycles. The number of carbonyl (C=O) groups excluding carboxylic acids is 1. The number of benzene rings is 1. The fourth-order valence-corrected chi connectivity index (χ4v) is 3.86. The SMILES string of the molecule is Cc1ccccc1N1CCN(C(=O)c2cn(C3CCNCC3)nn2)CC1. The van der Waals surface area contributed by atoms with Gasteiger partial charge in [-0.1, -0.05) is 23.4 Å². The lowest BCUT2D eigenvalue weighted by molar-refractivity contribution is 0.0740. The van der Waals surface area contributed by atoms with Crippen molar-refractivity contribution in [3.63, 3.8) is 0 Å². The van der Waals surface area contributed by atoms with Gasteiger partial charge in [-0.15, -0.1) is 5.10 Å². The van der Waals surface area contributed by atoms with Crippen molar-refractivity contribution in [1.82, 2.24) is 25.2 Å². The van der Waals surface area contributed by atoms with Crippen molar-refractivity contribution in [2.24, 2.45) is 0 Å². The maximum Gasteiger partial charge on any atom is 0.276 e. The topological polar surface area (TPSA) is 66.3 Å². The average molecular weight is 354 g/mol. The summed E-state index contributed by atoms with van der Waals surface area (Å²) in [5.41, 5.74) is 3.00. The monoisotopic (exact) mass is 354 g/mol. The highest BCUT2D eigenvalue weighted by atomic mass is 16.2. The van der Waals surface area contributed by atoms with Crippen molar-refractivity contribution in [2.45, 2.75) is 25.8 Å². The Kier molecular flexibility index (Phi) is 4.88. The van der Waals surface area contributed by atoms with E-state index in [9.17, 15) is 4.79 Å². The fraction of sp³-hybridized carbons (Fsp3) is 0.526. The standard InChI is InChI=1S/C19H26N6O/c1-15-4-2-3-5-18(15)23-10-12-24(13-11-23)19(26)17-14-25(22-21-17)16-6-8-20-9-7-16/h2-5,14,16,20H,6-13H2,1H3. The van der Waals surface area contributed by atoms with E-state index in [1.165, 1.54) is 11.3 Å². The Bertz CT molecular complexity index is 759. The first kappa shape index (κ1) is 17.0. The number of hydrogen-bond donors (Lipinski definition) is 1. The Balaban J connectivity index is 1.38. The molecule has 2 aliphatic rings. The molecule has 2 aromatic rings. The summed E-state index contributed by atoms with van der Waals surface area (Å²) in [4.78, 5) is 17.0. The molecular weight excluding hydrogens is 328 g/mol. The van der Waals surface area contributed by atoms with E-state index in [-0.39, 0.29) is 5.91 Å². The first-order valence-electron chi connectivity index (χ1n) is 9.45. The van der Waals surface area contributed by atoms with Crippen LogP contribution in [0, 0.1) is 6.92 Å². The minimum absolute atomic E-state index is 0.00498. The molecule has 2 aliphatic heterocycles. The average Bonchev–Trinajstić information content (AvgIpc) is 3.19. The number of piperidine rings is 1. The first-order valence-corrected chi connectivity index (χ1v) is 9.45. The van der Waals surface area contributed by atoms with Gasteiger partial charge in [0.1, 0.15) is 0 Å². The predicted molar refractivity (Wildman–Crippen MR) is 100 cm³/mol. The van der Waals surface area contributed by atoms with Crippen LogP contribution in [0.1, 0.15) is 34.9 Å². The quantitative estimate of drug-likeness (QED) is 0.904. The molecule has 0 atom stereocenters. The van der Waals surface area contributed by atoms with Gasteiger partial charge < -0.3 is 15.1 Å². The molecule has 1 amide bonds. The van der Waals surface area contributed by atoms with Crippen LogP contribution in [-0.2, 0) is 0 Å². The third-order valence-electron chi connectivity index (χ3n) is 5.44. The van der Waals surface area contributed by atoms with Gasteiger partial charge in [0.05, 0.1) is 12.2 Å². The summed E-state index contributed by atoms with van der Waals surface area (Å²) in [7, 11) is 0. The summed E-state index contributed by atoms with van der Waals surface area (Å²) in [6.45, 7) is 7.24. The second-order valence-corrected chi connectivity index (χ2v) is 7.13. The molecule has 4 rings (SSSR count). The van der Waals surface area contributed by atoms with Crippen LogP contribution in [0.2, 0.25) is 0 Å². The van der Waals surface area contributed by atoms with Crippen LogP contribution in [0.4, 0.5) is 5.69 Å². The first-order chi connectivity index (χ1) is 12.7. The van der Waals surface area contributed by atoms with Crippen LogP contribution in [0.25, 0.3) is 0 Å². The number of carbonyl (C=O) groups is 1. The molecule has 0 radical (unpaired) electrons. The number of anilines is 1. The molecule has 0 bridgehead atoms. The molecule has 0 aliphatic carbocycles. The number of nitrogens with one attached hydrogen (secondary N) is 1. The largest absolute Gasteiger partial charge is 0.368 e. The van der Waals surface area contributed by atoms with E-state index in [0.29, 0.717) is 24.8 Å². The highest BCUT2D eigenvalue weighted by Gasteiger charge is 2.26. The molecule has 0 unspecified atom stereocenters. The molecule has 3 heterocycles. The van der Waals surface area contributed by atoms with Gasteiger partial charge in [0, 0.05) is 31.9 Å². The molecular formula is C19H26N6O. The summed E-state index contributed by atoms with van der Waals surface area (Å²) < 4.78 is 1.87. The summed E-state index contributed by atoms with van der Waals surface area (Å²) in [5.74, 6) is -0.00498. The van der Waals surface area contributed by atoms with Crippen LogP contribution in [0.3, 0.4) is 0 Å². The van der Waals surface area contributed by atoms with Crippen molar-refractivity contribution in [2.75, 3.05) is 44.2 Å². The number of para-hydroxylation sites is 1. The third-order valence-corrected chi connectivity index (χ3v) is 5.44. The molecule has 1 aromatic heterocycles. The maximum atomic E-state index is 12.8. The van der Waals surface area contributed by atoms with Gasteiger partial charge in [-0.05, 0) is 44.5 Å². The highest BCUT2D eigenvalue weighted by molar-refractivity contribution is 5.92. The van der Waals surface area contributed by atoms with Gasteiger partial charge in [0.2, 0.25) is 0 Å². The maximum absolute atomic E-state index is 12.8. The number of aryl methyl sites for hydroxylation is 1. The number of amides is 1. The minimum Gasteiger partial charge on any atom is -0.368 e. The summed E-state index contributed by atoms with van der Waals surface area (Å²) in [6, 6.07) is 8.76. The van der Waals surface area contributed by atoms with E-state index in [4.69, 9.17) is 0 Å². The van der Waals surface area contributed by atoms with Crippen LogP contribution in [0.15, 0.2) is 30.5 Å². The Morgan fingerprint density at radius 1 is 1.12 bits per heavy atom. The summed E-state index contributed by atoms with van der Waals surface area (Å²) in [6.07, 6.45) is 3.89. The zero-order valence-corrected chi connectivity index (χ0v) is 15.3. The molecule has 26 heavy (non-hydrogen) atoms. The van der Waals surface area contributed by atoms with Crippen LogP contribution in [0.5, 0.6) is 0 Å². The molecule has 138 valence electrons. The minimum atomic E-state index is -0.00498. The normalized spacial score (nSPS) is 19.0. The van der Waals surface area contributed by atoms with Crippen molar-refractivity contribution in [1.29, 1.82) is 0 Å². The molecule has 7 heteroatoms. The summed E-state index contributed by atoms with van der Waals surface area (Å²) in [5, 5.41) is 11.7. The fourth-order valence-electron chi connectivity index (χ4n) is 3.86. The van der Waals surface area contributed by atoms with E-state index in [1.54, 1.807) is 0 Å². The number of hydrogen-bond acceptors (Lipinski definition) is 5. The van der Waals surface area contributed by atoms with Gasteiger partial charge in [-0.3, -0.25) is 4.79 Å². The number of rotatable bonds is 3. The van der Waals surface area contributed by atoms with Crippen molar-refractivity contribution < 1.29 is 4.79 Å². The van der Waals surface area contributed by atoms with Gasteiger partial charge >= 0.3 is 0 Å². The third kappa shape index (κ3) is 3.44. The Morgan fingerprint density at radius 3 is 2.58 bits per heavy atom. The second-order valence-electron chi connectivity index (χ2n) is 7.13. The van der Waals surface area contributed by atoms with E-state index in [2.05, 4.69) is 51.7 Å². The number of nitrogens with zero attached hydrogens (tertiary/aromatic N) is 5. The van der Waals surface area contributed by atoms with E-state index in [0.717, 1.165) is 39.0 Å². The Labute approximate surface area is 154 Å². The molecule has 2 saturated heterocycles. The lowest BCUT2D eigenvalue weighted by Crippen LogP contribution is -2.49. The highest BCUT2D eigenvalue weighted by Crippen LogP contribution is 2.22. The van der Waals surface area contributed by atoms with Crippen LogP contribution in [-0.4, -0.2) is 65.1 Å². The van der Waals surface area contributed by atoms with Gasteiger partial charge in [-0.2, -0.15) is 0 Å². The molecule has 1 N–H and O–H groups in total. The van der Waals surface area contributed by atoms with Crippen molar-refractivity contribution >= 4 is 11.6 Å². The molecule has 7 nitrogen and oxygen atoms in total. The van der Waals surface area contributed by atoms with Gasteiger partial charge in [-0.25, -0.2) is 4.68 Å². The Hall–Kier alpha value is -2.41. The van der Waals surface area contributed by atoms with Gasteiger partial charge in [0.15, 0.2) is 5.69 Å². The Morgan fingerprint density at radius 2 is 1.85 bits per heavy atom. The smallest absolute Gasteiger partial charge is 0.276 e. The van der Waals surface area contributed by atoms with Crippen molar-refractivity contribution in [3.05, 3.63) is 41.7 Å². The lowest BCUT2D eigenvalue weighted by atomic mass is 10.1. The molecule has 0 saturated carbocycles. The predicted octanol–water partition coefficient (Wildman–Crippen LogP) is 1.47. The van der Waals surface area contributed by atoms with E-state index < -0.39 is 0 Å². The van der Waals surface area contributed by atoms with E-state index >= 15 is 0 Å². The lowest BCUT2D eigenvalue weighted by Gasteiger charge is -2.36. The van der Waals surface area contributed by atoms with Crippen molar-refractivity contribution in [3.8, 4) is 0 Å². The number of piperazine rings is 1. The van der Waals surface area contributed by atoms with Crippen LogP contribution >= 0.6 is 0 Å². The van der Waals surface area contributed by atoms with E-state index in [1.807, 2.05) is 15.8 Å². The summed E-state index contributed by atoms with van der Waals surface area (Å²) >= 11 is 0. The molecule has 2 fully saturated rings. The van der Waals surface area contributed by atoms with Gasteiger partial charge in [0.25, 0.3) is 5.91 Å². The van der Waals surface area contributed by atoms with Crippen LogP contribution < -0.4 is 10.2 Å². The second kappa shape index (κ2) is 7.45. The molecule has 0 spiro atoms. The zero-order valence-electron chi connectivity index (χ0n) is 15.3. The number of aromatic nitrogens is 3.